The lowest BCUT2D eigenvalue weighted by Gasteiger charge is -2.49. The number of carbonyl (C=O) groups excluding carboxylic acids is 2. The molecular weight excluding hydrogens is 1250 g/mol. The van der Waals surface area contributed by atoms with E-state index in [2.05, 4.69) is 0 Å². The fourth-order valence-electron chi connectivity index (χ4n) is 14.2. The number of halogens is 2. The summed E-state index contributed by atoms with van der Waals surface area (Å²) in [5, 5.41) is 80.3. The Labute approximate surface area is 527 Å². The van der Waals surface area contributed by atoms with Gasteiger partial charge in [0.05, 0.1) is 74.5 Å². The van der Waals surface area contributed by atoms with E-state index in [-0.39, 0.29) is 66.2 Å². The first kappa shape index (κ1) is 68.9. The van der Waals surface area contributed by atoms with E-state index in [1.54, 1.807) is 34.6 Å². The number of ketones is 1. The summed E-state index contributed by atoms with van der Waals surface area (Å²) in [6.07, 6.45) is -32.4. The number of fused-ring (bicyclic) bond motifs is 4. The number of methoxy groups -OCH3 is 4. The average Bonchev–Trinajstić information content (AvgIpc) is 1.53. The highest BCUT2D eigenvalue weighted by molar-refractivity contribution is 6.39. The van der Waals surface area contributed by atoms with E-state index in [1.807, 2.05) is 0 Å². The molecule has 1 aromatic carbocycles. The first-order valence-electron chi connectivity index (χ1n) is 29.9. The Hall–Kier alpha value is -2.50. The number of hydrogen-bond donors (Lipinski definition) is 7. The number of Topliss-reactive ketones (excluding diaryl/α,β-unsaturated/α-hetero) is 1. The maximum absolute atomic E-state index is 13.5. The second-order valence-corrected chi connectivity index (χ2v) is 25.4. The Morgan fingerprint density at radius 3 is 2.00 bits per heavy atom. The van der Waals surface area contributed by atoms with Crippen molar-refractivity contribution in [3.05, 3.63) is 21.2 Å². The van der Waals surface area contributed by atoms with Gasteiger partial charge in [-0.25, -0.2) is 4.79 Å². The number of hydrogen-bond acceptors (Lipinski definition) is 31. The van der Waals surface area contributed by atoms with Gasteiger partial charge in [0.25, 0.3) is 5.97 Å². The molecule has 510 valence electrons. The molecule has 10 aliphatic heterocycles. The molecule has 2 spiro atoms. The van der Waals surface area contributed by atoms with Gasteiger partial charge in [-0.3, -0.25) is 4.79 Å². The minimum absolute atomic E-state index is 0.0141. The van der Waals surface area contributed by atoms with Gasteiger partial charge in [0.1, 0.15) is 102 Å². The van der Waals surface area contributed by atoms with Crippen LogP contribution in [0.25, 0.3) is 0 Å². The molecule has 0 aromatic heterocycles. The van der Waals surface area contributed by atoms with Gasteiger partial charge >= 0.3 is 11.9 Å². The molecule has 31 unspecified atom stereocenters. The van der Waals surface area contributed by atoms with Crippen molar-refractivity contribution in [1.29, 1.82) is 0 Å². The summed E-state index contributed by atoms with van der Waals surface area (Å²) in [7, 11) is 5.36. The summed E-state index contributed by atoms with van der Waals surface area (Å²) >= 11 is 12.5. The molecule has 31 atom stereocenters. The Morgan fingerprint density at radius 1 is 0.644 bits per heavy atom. The molecule has 11 rings (SSSR count). The highest BCUT2D eigenvalue weighted by atomic mass is 35.5. The number of phenols is 1. The number of carbonyl (C=O) groups is 2. The molecule has 10 saturated heterocycles. The summed E-state index contributed by atoms with van der Waals surface area (Å²) < 4.78 is 134. The van der Waals surface area contributed by atoms with Crippen molar-refractivity contribution < 1.29 is 150 Å². The molecule has 33 heteroatoms. The SMILES string of the molecule is COCC1OC(OC2OCC3OC4(OC3C2O)OC(C)C(O)(C(C)=O)C2OCOC24)C(OC)C(O)C1OC1OC(C)C(OC)C(OC2CC3(C)OC4(CC(O)C(OC5CC(O)C(OC(=O)c6c(C)c(Cl)c(O)c(Cl)c6OC)C(C)O5)C(C)O4)OC3C(C)O2)C1O. The molecule has 0 aliphatic carbocycles. The lowest BCUT2D eigenvalue weighted by Crippen LogP contribution is -2.72. The van der Waals surface area contributed by atoms with Gasteiger partial charge in [-0.05, 0) is 61.0 Å². The van der Waals surface area contributed by atoms with Crippen LogP contribution in [0, 0.1) is 6.92 Å². The third-order valence-corrected chi connectivity index (χ3v) is 19.5. The summed E-state index contributed by atoms with van der Waals surface area (Å²) in [5.74, 6) is -6.01. The zero-order valence-electron chi connectivity index (χ0n) is 51.5. The van der Waals surface area contributed by atoms with E-state index >= 15 is 0 Å². The largest absolute Gasteiger partial charge is 0.505 e. The highest BCUT2D eigenvalue weighted by Crippen LogP contribution is 2.53. The van der Waals surface area contributed by atoms with Gasteiger partial charge in [-0.1, -0.05) is 23.2 Å². The van der Waals surface area contributed by atoms with Crippen molar-refractivity contribution in [2.75, 3.05) is 48.4 Å². The number of rotatable bonds is 16. The van der Waals surface area contributed by atoms with Crippen LogP contribution in [-0.2, 0) is 104 Å². The third kappa shape index (κ3) is 12.1. The quantitative estimate of drug-likeness (QED) is 0.106. The number of aliphatic hydroxyl groups excluding tert-OH is 5. The van der Waals surface area contributed by atoms with Gasteiger partial charge in [0.2, 0.25) is 0 Å². The molecule has 10 aliphatic rings. The van der Waals surface area contributed by atoms with E-state index in [0.29, 0.717) is 0 Å². The maximum atomic E-state index is 13.5. The van der Waals surface area contributed by atoms with Crippen LogP contribution >= 0.6 is 23.2 Å². The molecule has 0 bridgehead atoms. The number of phenolic OH excluding ortho intramolecular Hbond substituents is 1. The van der Waals surface area contributed by atoms with E-state index in [9.17, 15) is 45.3 Å². The summed E-state index contributed by atoms with van der Waals surface area (Å²) in [6, 6.07) is 0. The Kier molecular flexibility index (Phi) is 20.3. The van der Waals surface area contributed by atoms with Crippen LogP contribution in [0.15, 0.2) is 0 Å². The molecule has 0 amide bonds. The minimum Gasteiger partial charge on any atom is -0.505 e. The van der Waals surface area contributed by atoms with Crippen molar-refractivity contribution in [3.63, 3.8) is 0 Å². The van der Waals surface area contributed by atoms with Crippen molar-refractivity contribution in [1.82, 2.24) is 0 Å². The maximum Gasteiger partial charge on any atom is 0.342 e. The summed E-state index contributed by atoms with van der Waals surface area (Å²) in [6.45, 7) is 11.9. The number of benzene rings is 1. The summed E-state index contributed by atoms with van der Waals surface area (Å²) in [4.78, 5) is 26.2. The standard InChI is InChI=1S/C57H82Cl2O31/c1-19-32(44(71-11)34(59)35(63)33(19)58)50(67)82-39-20(2)76-30(13-26(39)61)80-40-22(4)85-55(14-27(40)62)89-47-23(5)77-31(15-54(47,8)90-55)81-45-38(66)52(78-21(3)41(45)70-10)83-42-28(16-69-9)79-53(46(72-12)36(42)64)84-51-37(65)43-29(17-73-51)87-57(88-43)49-48(74-18-75-49)56(68,24(6)60)25(7)86-57/h20-23,25-31,36-43,45-49,51-53,61-66,68H,13-18H2,1-12H3. The molecule has 0 radical (unpaired) electrons. The van der Waals surface area contributed by atoms with Crippen molar-refractivity contribution >= 4 is 35.0 Å². The van der Waals surface area contributed by atoms with Crippen LogP contribution in [0.4, 0.5) is 0 Å². The molecule has 10 fully saturated rings. The van der Waals surface area contributed by atoms with Crippen molar-refractivity contribution in [2.45, 2.75) is 264 Å². The van der Waals surface area contributed by atoms with Gasteiger partial charge in [0, 0.05) is 34.2 Å². The topological polar surface area (TPSA) is 379 Å². The number of aromatic hydroxyl groups is 1. The molecule has 0 saturated carbocycles. The smallest absolute Gasteiger partial charge is 0.342 e. The van der Waals surface area contributed by atoms with E-state index < -0.39 is 206 Å². The van der Waals surface area contributed by atoms with Crippen molar-refractivity contribution in [3.8, 4) is 11.5 Å². The van der Waals surface area contributed by atoms with Crippen LogP contribution in [0.5, 0.6) is 11.5 Å². The fourth-order valence-corrected chi connectivity index (χ4v) is 14.7. The van der Waals surface area contributed by atoms with Crippen LogP contribution in [0.3, 0.4) is 0 Å². The molecule has 1 aromatic rings. The Morgan fingerprint density at radius 2 is 1.33 bits per heavy atom. The van der Waals surface area contributed by atoms with E-state index in [1.165, 1.54) is 49.2 Å². The van der Waals surface area contributed by atoms with Gasteiger partial charge in [-0.15, -0.1) is 0 Å². The van der Waals surface area contributed by atoms with Crippen LogP contribution < -0.4 is 4.74 Å². The summed E-state index contributed by atoms with van der Waals surface area (Å²) in [5.41, 5.74) is -3.28. The molecule has 90 heavy (non-hydrogen) atoms. The number of ether oxygens (including phenoxy) is 22. The van der Waals surface area contributed by atoms with E-state index in [0.717, 1.165) is 0 Å². The normalized spacial score (nSPS) is 49.3. The lowest BCUT2D eigenvalue weighted by molar-refractivity contribution is -0.428. The predicted molar refractivity (Wildman–Crippen MR) is 294 cm³/mol. The number of esters is 1. The highest BCUT2D eigenvalue weighted by Gasteiger charge is 2.72. The zero-order chi connectivity index (χ0) is 65.0. The Bertz CT molecular complexity index is 2710. The molecule has 7 N–H and O–H groups in total. The van der Waals surface area contributed by atoms with Gasteiger partial charge in [0.15, 0.2) is 66.5 Å². The monoisotopic (exact) mass is 1330 g/mol. The fraction of sp³-hybridized carbons (Fsp3) is 0.860. The van der Waals surface area contributed by atoms with Crippen molar-refractivity contribution in [2.24, 2.45) is 0 Å². The second kappa shape index (κ2) is 26.5. The molecular formula is C57H82Cl2O31. The molecule has 31 nitrogen and oxygen atoms in total. The first-order valence-corrected chi connectivity index (χ1v) is 30.6. The minimum atomic E-state index is -2.09. The first-order chi connectivity index (χ1) is 42.6. The second-order valence-electron chi connectivity index (χ2n) is 24.7. The van der Waals surface area contributed by atoms with Gasteiger partial charge < -0.3 is 140 Å². The third-order valence-electron chi connectivity index (χ3n) is 18.7. The van der Waals surface area contributed by atoms with Crippen LogP contribution in [0.1, 0.15) is 83.7 Å². The Balaban J connectivity index is 0.701. The zero-order valence-corrected chi connectivity index (χ0v) is 53.0. The lowest BCUT2D eigenvalue weighted by atomic mass is 9.81. The van der Waals surface area contributed by atoms with E-state index in [4.69, 9.17) is 127 Å². The van der Waals surface area contributed by atoms with Crippen LogP contribution in [0.2, 0.25) is 10.0 Å². The average molecular weight is 1330 g/mol. The molecule has 10 heterocycles. The predicted octanol–water partition coefficient (Wildman–Crippen LogP) is -0.155. The van der Waals surface area contributed by atoms with Crippen LogP contribution in [-0.4, -0.2) is 285 Å². The number of aliphatic hydroxyl groups is 6. The van der Waals surface area contributed by atoms with Gasteiger partial charge in [-0.2, -0.15) is 0 Å².